The van der Waals surface area contributed by atoms with Crippen LogP contribution in [-0.4, -0.2) is 22.4 Å². The second-order valence-electron chi connectivity index (χ2n) is 2.81. The smallest absolute Gasteiger partial charge is 0.0917 e. The van der Waals surface area contributed by atoms with Gasteiger partial charge in [-0.25, -0.2) is 0 Å². The Labute approximate surface area is 54.8 Å². The number of aliphatic hydroxyl groups excluding tert-OH is 1. The Balaban J connectivity index is 2.54. The lowest BCUT2D eigenvalue weighted by Crippen LogP contribution is -2.28. The van der Waals surface area contributed by atoms with E-state index >= 15 is 0 Å². The molecule has 0 aromatic carbocycles. The van der Waals surface area contributed by atoms with E-state index in [1.54, 1.807) is 0 Å². The van der Waals surface area contributed by atoms with Crippen molar-refractivity contribution in [3.8, 4) is 0 Å². The van der Waals surface area contributed by atoms with Gasteiger partial charge < -0.3 is 10.2 Å². The van der Waals surface area contributed by atoms with Gasteiger partial charge in [-0.3, -0.25) is 0 Å². The summed E-state index contributed by atoms with van der Waals surface area (Å²) in [6.45, 7) is 3.59. The summed E-state index contributed by atoms with van der Waals surface area (Å²) in [6, 6.07) is 0. The highest BCUT2D eigenvalue weighted by atomic mass is 16.3. The monoisotopic (exact) mass is 128 g/mol. The summed E-state index contributed by atoms with van der Waals surface area (Å²) >= 11 is 0. The standard InChI is InChI=1S/C7H12O2/c1-6-2-3-7(9,4-6)5-8/h8-9H,1-5H2/t7-/m0/s1. The van der Waals surface area contributed by atoms with Gasteiger partial charge in [-0.1, -0.05) is 12.2 Å². The Morgan fingerprint density at radius 3 is 2.56 bits per heavy atom. The van der Waals surface area contributed by atoms with Crippen molar-refractivity contribution in [3.05, 3.63) is 12.2 Å². The third-order valence-electron chi connectivity index (χ3n) is 1.82. The first-order valence-electron chi connectivity index (χ1n) is 3.16. The van der Waals surface area contributed by atoms with Crippen molar-refractivity contribution in [3.63, 3.8) is 0 Å². The molecular formula is C7H12O2. The van der Waals surface area contributed by atoms with Crippen LogP contribution in [0.2, 0.25) is 0 Å². The van der Waals surface area contributed by atoms with Crippen molar-refractivity contribution in [2.45, 2.75) is 24.9 Å². The maximum Gasteiger partial charge on any atom is 0.0917 e. The predicted octanol–water partition coefficient (Wildman–Crippen LogP) is 0.450. The molecule has 0 aliphatic heterocycles. The Morgan fingerprint density at radius 2 is 2.33 bits per heavy atom. The molecule has 1 aliphatic rings. The van der Waals surface area contributed by atoms with Gasteiger partial charge in [0.2, 0.25) is 0 Å². The van der Waals surface area contributed by atoms with Crippen LogP contribution >= 0.6 is 0 Å². The van der Waals surface area contributed by atoms with Gasteiger partial charge in [0, 0.05) is 0 Å². The topological polar surface area (TPSA) is 40.5 Å². The summed E-state index contributed by atoms with van der Waals surface area (Å²) < 4.78 is 0. The molecule has 2 N–H and O–H groups in total. The Kier molecular flexibility index (Phi) is 1.60. The van der Waals surface area contributed by atoms with Gasteiger partial charge in [0.15, 0.2) is 0 Å². The fraction of sp³-hybridized carbons (Fsp3) is 0.714. The van der Waals surface area contributed by atoms with E-state index in [1.165, 1.54) is 0 Å². The molecule has 2 heteroatoms. The second kappa shape index (κ2) is 2.12. The van der Waals surface area contributed by atoms with Crippen LogP contribution in [-0.2, 0) is 0 Å². The summed E-state index contributed by atoms with van der Waals surface area (Å²) in [5.74, 6) is 0. The number of rotatable bonds is 1. The predicted molar refractivity (Wildman–Crippen MR) is 35.0 cm³/mol. The van der Waals surface area contributed by atoms with Crippen LogP contribution in [0.1, 0.15) is 19.3 Å². The van der Waals surface area contributed by atoms with E-state index in [0.29, 0.717) is 12.8 Å². The largest absolute Gasteiger partial charge is 0.393 e. The zero-order valence-corrected chi connectivity index (χ0v) is 5.43. The van der Waals surface area contributed by atoms with Crippen molar-refractivity contribution in [2.24, 2.45) is 0 Å². The van der Waals surface area contributed by atoms with Gasteiger partial charge >= 0.3 is 0 Å². The third kappa shape index (κ3) is 1.32. The van der Waals surface area contributed by atoms with Gasteiger partial charge in [-0.2, -0.15) is 0 Å². The molecule has 0 radical (unpaired) electrons. The van der Waals surface area contributed by atoms with Crippen LogP contribution in [0, 0.1) is 0 Å². The highest BCUT2D eigenvalue weighted by Crippen LogP contribution is 2.31. The molecule has 0 unspecified atom stereocenters. The van der Waals surface area contributed by atoms with Crippen LogP contribution in [0.25, 0.3) is 0 Å². The van der Waals surface area contributed by atoms with E-state index in [4.69, 9.17) is 5.11 Å². The van der Waals surface area contributed by atoms with Crippen LogP contribution in [0.4, 0.5) is 0 Å². The molecule has 0 bridgehead atoms. The summed E-state index contributed by atoms with van der Waals surface area (Å²) in [6.07, 6.45) is 2.10. The van der Waals surface area contributed by atoms with Crippen molar-refractivity contribution in [2.75, 3.05) is 6.61 Å². The average molecular weight is 128 g/mol. The van der Waals surface area contributed by atoms with E-state index < -0.39 is 5.60 Å². The first-order valence-corrected chi connectivity index (χ1v) is 3.16. The molecule has 9 heavy (non-hydrogen) atoms. The average Bonchev–Trinajstić information content (AvgIpc) is 2.13. The van der Waals surface area contributed by atoms with E-state index in [0.717, 1.165) is 12.0 Å². The number of hydrogen-bond acceptors (Lipinski definition) is 2. The van der Waals surface area contributed by atoms with Crippen LogP contribution in [0.5, 0.6) is 0 Å². The molecule has 1 aliphatic carbocycles. The molecule has 0 saturated heterocycles. The normalized spacial score (nSPS) is 35.6. The summed E-state index contributed by atoms with van der Waals surface area (Å²) in [4.78, 5) is 0. The first-order chi connectivity index (χ1) is 4.16. The minimum Gasteiger partial charge on any atom is -0.393 e. The summed E-state index contributed by atoms with van der Waals surface area (Å²) in [5, 5.41) is 18.0. The molecule has 0 aromatic rings. The zero-order chi connectivity index (χ0) is 6.91. The fourth-order valence-corrected chi connectivity index (χ4v) is 1.19. The van der Waals surface area contributed by atoms with Gasteiger partial charge in [0.25, 0.3) is 0 Å². The van der Waals surface area contributed by atoms with Crippen molar-refractivity contribution in [1.82, 2.24) is 0 Å². The quantitative estimate of drug-likeness (QED) is 0.503. The first kappa shape index (κ1) is 6.78. The van der Waals surface area contributed by atoms with E-state index in [1.807, 2.05) is 0 Å². The summed E-state index contributed by atoms with van der Waals surface area (Å²) in [7, 11) is 0. The molecule has 0 aromatic heterocycles. The van der Waals surface area contributed by atoms with Crippen LogP contribution in [0.15, 0.2) is 12.2 Å². The van der Waals surface area contributed by atoms with Gasteiger partial charge in [0.1, 0.15) is 0 Å². The van der Waals surface area contributed by atoms with E-state index in [2.05, 4.69) is 6.58 Å². The maximum atomic E-state index is 9.36. The zero-order valence-electron chi connectivity index (χ0n) is 5.43. The molecule has 0 spiro atoms. The Bertz CT molecular complexity index is 131. The fourth-order valence-electron chi connectivity index (χ4n) is 1.19. The molecule has 1 fully saturated rings. The maximum absolute atomic E-state index is 9.36. The van der Waals surface area contributed by atoms with Crippen LogP contribution < -0.4 is 0 Å². The number of aliphatic hydroxyl groups is 2. The highest BCUT2D eigenvalue weighted by molar-refractivity contribution is 5.08. The van der Waals surface area contributed by atoms with Crippen molar-refractivity contribution >= 4 is 0 Å². The molecule has 1 atom stereocenters. The number of hydrogen-bond donors (Lipinski definition) is 2. The van der Waals surface area contributed by atoms with Crippen molar-refractivity contribution < 1.29 is 10.2 Å². The van der Waals surface area contributed by atoms with Gasteiger partial charge in [-0.15, -0.1) is 0 Å². The molecular weight excluding hydrogens is 116 g/mol. The van der Waals surface area contributed by atoms with E-state index in [9.17, 15) is 5.11 Å². The van der Waals surface area contributed by atoms with Crippen molar-refractivity contribution in [1.29, 1.82) is 0 Å². The SMILES string of the molecule is C=C1CC[C@@](O)(CO)C1. The Morgan fingerprint density at radius 1 is 1.67 bits per heavy atom. The molecule has 1 rings (SSSR count). The lowest BCUT2D eigenvalue weighted by molar-refractivity contribution is -0.00556. The highest BCUT2D eigenvalue weighted by Gasteiger charge is 2.31. The minimum absolute atomic E-state index is 0.133. The van der Waals surface area contributed by atoms with E-state index in [-0.39, 0.29) is 6.61 Å². The van der Waals surface area contributed by atoms with Gasteiger partial charge in [-0.05, 0) is 19.3 Å². The minimum atomic E-state index is -0.836. The molecule has 0 amide bonds. The van der Waals surface area contributed by atoms with Gasteiger partial charge in [0.05, 0.1) is 12.2 Å². The molecule has 2 nitrogen and oxygen atoms in total. The second-order valence-corrected chi connectivity index (χ2v) is 2.81. The lowest BCUT2D eigenvalue weighted by atomic mass is 10.0. The lowest BCUT2D eigenvalue weighted by Gasteiger charge is -2.17. The summed E-state index contributed by atoms with van der Waals surface area (Å²) in [5.41, 5.74) is 0.212. The molecule has 52 valence electrons. The molecule has 0 heterocycles. The third-order valence-corrected chi connectivity index (χ3v) is 1.82. The van der Waals surface area contributed by atoms with Crippen LogP contribution in [0.3, 0.4) is 0 Å². The Hall–Kier alpha value is -0.340. The molecule has 1 saturated carbocycles.